The molecule has 196 valence electrons. The van der Waals surface area contributed by atoms with Crippen molar-refractivity contribution in [3.8, 4) is 28.7 Å². The van der Waals surface area contributed by atoms with E-state index in [4.69, 9.17) is 14.2 Å². The highest BCUT2D eigenvalue weighted by Gasteiger charge is 2.28. The molecule has 0 spiro atoms. The number of aromatic nitrogens is 2. The zero-order chi connectivity index (χ0) is 27.1. The van der Waals surface area contributed by atoms with Crippen molar-refractivity contribution in [1.82, 2.24) is 15.3 Å². The van der Waals surface area contributed by atoms with E-state index in [1.807, 2.05) is 0 Å². The Labute approximate surface area is 221 Å². The molecular formula is C28H29N5O5. The molecule has 3 aromatic rings. The molecule has 10 nitrogen and oxygen atoms in total. The fourth-order valence-corrected chi connectivity index (χ4v) is 4.48. The number of benzene rings is 2. The average Bonchev–Trinajstić information content (AvgIpc) is 2.97. The van der Waals surface area contributed by atoms with Crippen LogP contribution in [0.5, 0.6) is 11.5 Å². The molecule has 1 aliphatic rings. The number of hydrogen-bond acceptors (Lipinski definition) is 9. The summed E-state index contributed by atoms with van der Waals surface area (Å²) in [7, 11) is 4.46. The van der Waals surface area contributed by atoms with Gasteiger partial charge in [-0.05, 0) is 61.6 Å². The van der Waals surface area contributed by atoms with Crippen molar-refractivity contribution in [3.05, 3.63) is 59.9 Å². The van der Waals surface area contributed by atoms with Gasteiger partial charge in [-0.2, -0.15) is 5.26 Å². The molecule has 2 aromatic carbocycles. The lowest BCUT2D eigenvalue weighted by Gasteiger charge is -2.27. The van der Waals surface area contributed by atoms with Gasteiger partial charge in [-0.15, -0.1) is 0 Å². The number of nitriles is 1. The second-order valence-electron chi connectivity index (χ2n) is 8.91. The summed E-state index contributed by atoms with van der Waals surface area (Å²) in [5.74, 6) is 0.839. The van der Waals surface area contributed by atoms with E-state index in [1.54, 1.807) is 55.9 Å². The molecular weight excluding hydrogens is 486 g/mol. The Morgan fingerprint density at radius 1 is 0.921 bits per heavy atom. The van der Waals surface area contributed by atoms with Crippen LogP contribution in [0.15, 0.2) is 48.8 Å². The van der Waals surface area contributed by atoms with E-state index in [1.165, 1.54) is 14.2 Å². The number of methoxy groups -OCH3 is 3. The number of anilines is 2. The number of esters is 1. The smallest absolute Gasteiger partial charge is 0.308 e. The van der Waals surface area contributed by atoms with Gasteiger partial charge in [0.15, 0.2) is 0 Å². The van der Waals surface area contributed by atoms with Crippen molar-refractivity contribution in [1.29, 1.82) is 5.26 Å². The van der Waals surface area contributed by atoms with Gasteiger partial charge in [0.2, 0.25) is 5.95 Å². The Morgan fingerprint density at radius 2 is 1.63 bits per heavy atom. The Bertz CT molecular complexity index is 1340. The van der Waals surface area contributed by atoms with Crippen molar-refractivity contribution in [2.75, 3.05) is 26.6 Å². The Hall–Kier alpha value is -4.65. The van der Waals surface area contributed by atoms with E-state index in [9.17, 15) is 14.9 Å². The fourth-order valence-electron chi connectivity index (χ4n) is 4.48. The van der Waals surface area contributed by atoms with Crippen LogP contribution in [0.4, 0.5) is 11.6 Å². The van der Waals surface area contributed by atoms with Gasteiger partial charge in [0.1, 0.15) is 17.6 Å². The van der Waals surface area contributed by atoms with Gasteiger partial charge >= 0.3 is 5.97 Å². The maximum Gasteiger partial charge on any atom is 0.308 e. The zero-order valence-electron chi connectivity index (χ0n) is 21.5. The number of ether oxygens (including phenoxy) is 3. The van der Waals surface area contributed by atoms with Gasteiger partial charge in [0.25, 0.3) is 5.91 Å². The number of nitrogens with one attached hydrogen (secondary N) is 2. The predicted octanol–water partition coefficient (Wildman–Crippen LogP) is 4.24. The number of nitrogens with zero attached hydrogens (tertiary/aromatic N) is 3. The van der Waals surface area contributed by atoms with Crippen LogP contribution in [-0.4, -0.2) is 49.2 Å². The van der Waals surface area contributed by atoms with E-state index in [0.717, 1.165) is 24.0 Å². The van der Waals surface area contributed by atoms with Crippen LogP contribution in [0.25, 0.3) is 11.1 Å². The van der Waals surface area contributed by atoms with E-state index < -0.39 is 0 Å². The average molecular weight is 516 g/mol. The van der Waals surface area contributed by atoms with Crippen LogP contribution in [-0.2, 0) is 9.53 Å². The number of rotatable bonds is 8. The fraction of sp³-hybridized carbons (Fsp3) is 0.321. The largest absolute Gasteiger partial charge is 0.495 e. The third kappa shape index (κ3) is 6.00. The predicted molar refractivity (Wildman–Crippen MR) is 140 cm³/mol. The number of amides is 1. The molecule has 0 radical (unpaired) electrons. The highest BCUT2D eigenvalue weighted by molar-refractivity contribution is 5.96. The minimum atomic E-state index is -0.205. The molecule has 1 aliphatic carbocycles. The molecule has 1 heterocycles. The zero-order valence-corrected chi connectivity index (χ0v) is 21.5. The number of hydrogen-bond donors (Lipinski definition) is 2. The standard InChI is InChI=1S/C28H29N5O5/c1-36-24-11-8-19(26(34)32-22-9-6-17(7-10-22)27(35)38-3)12-23(24)33-28-30-15-21(16-31-28)18-4-5-20(14-29)25(13-18)37-2/h4-5,8,11-13,15-17,22H,6-7,9-10H2,1-3H3,(H,32,34)(H,30,31,33). The highest BCUT2D eigenvalue weighted by Crippen LogP contribution is 2.30. The molecule has 0 bridgehead atoms. The quantitative estimate of drug-likeness (QED) is 0.422. The first-order valence-electron chi connectivity index (χ1n) is 12.2. The summed E-state index contributed by atoms with van der Waals surface area (Å²) in [6.07, 6.45) is 6.13. The van der Waals surface area contributed by atoms with Crippen LogP contribution in [0.1, 0.15) is 41.6 Å². The van der Waals surface area contributed by atoms with Gasteiger partial charge in [0.05, 0.1) is 38.5 Å². The molecule has 38 heavy (non-hydrogen) atoms. The molecule has 0 unspecified atom stereocenters. The second kappa shape index (κ2) is 12.1. The molecule has 0 aliphatic heterocycles. The molecule has 2 N–H and O–H groups in total. The van der Waals surface area contributed by atoms with Gasteiger partial charge in [-0.1, -0.05) is 6.07 Å². The first-order chi connectivity index (χ1) is 18.4. The lowest BCUT2D eigenvalue weighted by molar-refractivity contribution is -0.146. The third-order valence-corrected chi connectivity index (χ3v) is 6.61. The molecule has 1 amide bonds. The summed E-state index contributed by atoms with van der Waals surface area (Å²) in [5, 5.41) is 15.4. The lowest BCUT2D eigenvalue weighted by atomic mass is 9.86. The summed E-state index contributed by atoms with van der Waals surface area (Å²) in [6.45, 7) is 0. The molecule has 10 heteroatoms. The summed E-state index contributed by atoms with van der Waals surface area (Å²) in [4.78, 5) is 33.5. The van der Waals surface area contributed by atoms with Gasteiger partial charge in [-0.25, -0.2) is 9.97 Å². The summed E-state index contributed by atoms with van der Waals surface area (Å²) < 4.78 is 15.6. The Kier molecular flexibility index (Phi) is 8.38. The Balaban J connectivity index is 1.44. The topological polar surface area (TPSA) is 135 Å². The van der Waals surface area contributed by atoms with Crippen LogP contribution >= 0.6 is 0 Å². The highest BCUT2D eigenvalue weighted by atomic mass is 16.5. The third-order valence-electron chi connectivity index (χ3n) is 6.61. The number of carbonyl (C=O) groups is 2. The lowest BCUT2D eigenvalue weighted by Crippen LogP contribution is -2.38. The SMILES string of the molecule is COC(=O)C1CCC(NC(=O)c2ccc(OC)c(Nc3ncc(-c4ccc(C#N)c(OC)c4)cn3)c2)CC1. The van der Waals surface area contributed by atoms with Gasteiger partial charge < -0.3 is 24.8 Å². The van der Waals surface area contributed by atoms with Crippen molar-refractivity contribution < 1.29 is 23.8 Å². The minimum absolute atomic E-state index is 0.00126. The van der Waals surface area contributed by atoms with E-state index in [-0.39, 0.29) is 23.8 Å². The van der Waals surface area contributed by atoms with Gasteiger partial charge in [-0.3, -0.25) is 9.59 Å². The van der Waals surface area contributed by atoms with Crippen molar-refractivity contribution in [2.24, 2.45) is 5.92 Å². The maximum atomic E-state index is 13.0. The van der Waals surface area contributed by atoms with Crippen molar-refractivity contribution in [2.45, 2.75) is 31.7 Å². The molecule has 0 saturated heterocycles. The minimum Gasteiger partial charge on any atom is -0.495 e. The monoisotopic (exact) mass is 515 g/mol. The maximum absolute atomic E-state index is 13.0. The normalized spacial score (nSPS) is 16.6. The van der Waals surface area contributed by atoms with Gasteiger partial charge in [0, 0.05) is 29.6 Å². The van der Waals surface area contributed by atoms with E-state index in [0.29, 0.717) is 47.1 Å². The van der Waals surface area contributed by atoms with Crippen LogP contribution < -0.4 is 20.1 Å². The van der Waals surface area contributed by atoms with Crippen LogP contribution in [0, 0.1) is 17.2 Å². The molecule has 1 saturated carbocycles. The van der Waals surface area contributed by atoms with E-state index in [2.05, 4.69) is 26.7 Å². The summed E-state index contributed by atoms with van der Waals surface area (Å²) in [6, 6.07) is 12.4. The van der Waals surface area contributed by atoms with Crippen molar-refractivity contribution in [3.63, 3.8) is 0 Å². The van der Waals surface area contributed by atoms with E-state index >= 15 is 0 Å². The first kappa shape index (κ1) is 26.4. The summed E-state index contributed by atoms with van der Waals surface area (Å²) >= 11 is 0. The Morgan fingerprint density at radius 3 is 2.26 bits per heavy atom. The summed E-state index contributed by atoms with van der Waals surface area (Å²) in [5.41, 5.74) is 3.01. The second-order valence-corrected chi connectivity index (χ2v) is 8.91. The molecule has 4 rings (SSSR count). The molecule has 1 aromatic heterocycles. The molecule has 0 atom stereocenters. The van der Waals surface area contributed by atoms with Crippen molar-refractivity contribution >= 4 is 23.5 Å². The number of carbonyl (C=O) groups excluding carboxylic acids is 2. The first-order valence-corrected chi connectivity index (χ1v) is 12.2. The van der Waals surface area contributed by atoms with Crippen LogP contribution in [0.2, 0.25) is 0 Å². The molecule has 1 fully saturated rings. The van der Waals surface area contributed by atoms with Crippen LogP contribution in [0.3, 0.4) is 0 Å².